The number of nitrogens with one attached hydrogen (secondary N) is 1. The van der Waals surface area contributed by atoms with Gasteiger partial charge in [0.2, 0.25) is 0 Å². The van der Waals surface area contributed by atoms with E-state index in [1.54, 1.807) is 6.07 Å². The molecule has 1 aromatic heterocycles. The van der Waals surface area contributed by atoms with Gasteiger partial charge in [-0.3, -0.25) is 9.89 Å². The first kappa shape index (κ1) is 8.43. The number of carboxylic acids is 1. The zero-order chi connectivity index (χ0) is 10.1. The molecule has 1 aromatic carbocycles. The van der Waals surface area contributed by atoms with Crippen LogP contribution in [0.2, 0.25) is 0 Å². The average Bonchev–Trinajstić information content (AvgIpc) is 2.62. The van der Waals surface area contributed by atoms with E-state index in [4.69, 9.17) is 5.11 Å². The number of H-pyrrole nitrogens is 1. The molecule has 0 saturated heterocycles. The summed E-state index contributed by atoms with van der Waals surface area (Å²) in [6.07, 6.45) is 1.54. The molecular weight excluding hydrogens is 184 g/mol. The summed E-state index contributed by atoms with van der Waals surface area (Å²) in [7, 11) is 0. The molecule has 14 heavy (non-hydrogen) atoms. The fraction of sp³-hybridized carbons (Fsp3) is 0. The van der Waals surface area contributed by atoms with Crippen LogP contribution in [0.5, 0.6) is 0 Å². The zero-order valence-electron chi connectivity index (χ0n) is 7.02. The van der Waals surface area contributed by atoms with E-state index in [2.05, 4.69) is 10.2 Å². The maximum Gasteiger partial charge on any atom is 0.377 e. The number of carbonyl (C=O) groups is 2. The monoisotopic (exact) mass is 190 g/mol. The standard InChI is InChI=1S/C9H6N2O3/c12-8(9(13)14)5-1-2-7-6(3-5)4-10-11-7/h1-4H,(H,10,11)(H,13,14). The van der Waals surface area contributed by atoms with Crippen molar-refractivity contribution in [1.82, 2.24) is 10.2 Å². The van der Waals surface area contributed by atoms with Gasteiger partial charge in [-0.15, -0.1) is 0 Å². The van der Waals surface area contributed by atoms with Crippen molar-refractivity contribution in [3.8, 4) is 0 Å². The van der Waals surface area contributed by atoms with E-state index in [9.17, 15) is 9.59 Å². The van der Waals surface area contributed by atoms with Gasteiger partial charge in [0.1, 0.15) is 0 Å². The molecule has 0 saturated carbocycles. The Bertz CT molecular complexity index is 516. The number of hydrogen-bond acceptors (Lipinski definition) is 3. The van der Waals surface area contributed by atoms with Gasteiger partial charge in [0.15, 0.2) is 0 Å². The Morgan fingerprint density at radius 1 is 1.36 bits per heavy atom. The van der Waals surface area contributed by atoms with Crippen LogP contribution < -0.4 is 0 Å². The predicted octanol–water partition coefficient (Wildman–Crippen LogP) is 0.830. The van der Waals surface area contributed by atoms with Gasteiger partial charge in [-0.2, -0.15) is 5.10 Å². The molecule has 1 heterocycles. The number of nitrogens with zero attached hydrogens (tertiary/aromatic N) is 1. The lowest BCUT2D eigenvalue weighted by molar-refractivity contribution is -0.131. The Hall–Kier alpha value is -2.17. The highest BCUT2D eigenvalue weighted by atomic mass is 16.4. The lowest BCUT2D eigenvalue weighted by Gasteiger charge is -1.94. The van der Waals surface area contributed by atoms with Gasteiger partial charge in [-0.05, 0) is 18.2 Å². The molecule has 0 aliphatic heterocycles. The molecule has 0 spiro atoms. The number of Topliss-reactive ketones (excluding diaryl/α,β-unsaturated/α-hetero) is 1. The summed E-state index contributed by atoms with van der Waals surface area (Å²) in [6.45, 7) is 0. The number of aliphatic carboxylic acids is 1. The molecule has 0 aliphatic carbocycles. The predicted molar refractivity (Wildman–Crippen MR) is 48.1 cm³/mol. The maximum absolute atomic E-state index is 11.1. The van der Waals surface area contributed by atoms with Crippen molar-refractivity contribution < 1.29 is 14.7 Å². The first-order chi connectivity index (χ1) is 6.68. The van der Waals surface area contributed by atoms with Gasteiger partial charge in [-0.1, -0.05) is 0 Å². The van der Waals surface area contributed by atoms with E-state index < -0.39 is 11.8 Å². The third-order valence-corrected chi connectivity index (χ3v) is 1.90. The van der Waals surface area contributed by atoms with Crippen molar-refractivity contribution in [2.75, 3.05) is 0 Å². The van der Waals surface area contributed by atoms with E-state index in [0.29, 0.717) is 0 Å². The number of aromatic amines is 1. The summed E-state index contributed by atoms with van der Waals surface area (Å²) in [5.74, 6) is -2.36. The van der Waals surface area contributed by atoms with Crippen LogP contribution in [0.3, 0.4) is 0 Å². The summed E-state index contributed by atoms with van der Waals surface area (Å²) in [5.41, 5.74) is 0.929. The molecule has 2 aromatic rings. The van der Waals surface area contributed by atoms with E-state index in [0.717, 1.165) is 10.9 Å². The maximum atomic E-state index is 11.1. The van der Waals surface area contributed by atoms with Crippen LogP contribution in [0.4, 0.5) is 0 Å². The number of carboxylic acid groups (broad SMARTS) is 1. The molecule has 0 radical (unpaired) electrons. The van der Waals surface area contributed by atoms with Crippen LogP contribution in [0, 0.1) is 0 Å². The highest BCUT2D eigenvalue weighted by Crippen LogP contribution is 2.13. The Balaban J connectivity index is 2.54. The Morgan fingerprint density at radius 2 is 2.14 bits per heavy atom. The summed E-state index contributed by atoms with van der Waals surface area (Å²) >= 11 is 0. The molecule has 2 N–H and O–H groups in total. The van der Waals surface area contributed by atoms with Crippen molar-refractivity contribution in [2.24, 2.45) is 0 Å². The van der Waals surface area contributed by atoms with E-state index in [1.807, 2.05) is 0 Å². The first-order valence-electron chi connectivity index (χ1n) is 3.89. The normalized spacial score (nSPS) is 10.3. The zero-order valence-corrected chi connectivity index (χ0v) is 7.02. The van der Waals surface area contributed by atoms with Gasteiger partial charge in [0.05, 0.1) is 11.7 Å². The lowest BCUT2D eigenvalue weighted by atomic mass is 10.1. The van der Waals surface area contributed by atoms with Crippen LogP contribution in [-0.2, 0) is 4.79 Å². The summed E-state index contributed by atoms with van der Waals surface area (Å²) in [4.78, 5) is 21.5. The smallest absolute Gasteiger partial charge is 0.377 e. The molecular formula is C9H6N2O3. The largest absolute Gasteiger partial charge is 0.475 e. The summed E-state index contributed by atoms with van der Waals surface area (Å²) < 4.78 is 0. The van der Waals surface area contributed by atoms with Gasteiger partial charge in [0, 0.05) is 10.9 Å². The second-order valence-corrected chi connectivity index (χ2v) is 2.81. The van der Waals surface area contributed by atoms with Crippen molar-refractivity contribution in [3.63, 3.8) is 0 Å². The Labute approximate surface area is 78.4 Å². The molecule has 5 nitrogen and oxygen atoms in total. The van der Waals surface area contributed by atoms with E-state index in [-0.39, 0.29) is 5.56 Å². The van der Waals surface area contributed by atoms with Crippen molar-refractivity contribution in [1.29, 1.82) is 0 Å². The van der Waals surface area contributed by atoms with Crippen LogP contribution in [0.25, 0.3) is 10.9 Å². The van der Waals surface area contributed by atoms with Crippen LogP contribution in [0.1, 0.15) is 10.4 Å². The summed E-state index contributed by atoms with van der Waals surface area (Å²) in [6, 6.07) is 4.57. The van der Waals surface area contributed by atoms with Gasteiger partial charge in [-0.25, -0.2) is 4.79 Å². The molecule has 0 atom stereocenters. The average molecular weight is 190 g/mol. The first-order valence-corrected chi connectivity index (χ1v) is 3.89. The fourth-order valence-electron chi connectivity index (χ4n) is 1.21. The number of fused-ring (bicyclic) bond motifs is 1. The molecule has 0 fully saturated rings. The SMILES string of the molecule is O=C(O)C(=O)c1ccc2[nH]ncc2c1. The highest BCUT2D eigenvalue weighted by Gasteiger charge is 2.14. The fourth-order valence-corrected chi connectivity index (χ4v) is 1.21. The van der Waals surface area contributed by atoms with Crippen LogP contribution in [-0.4, -0.2) is 27.1 Å². The summed E-state index contributed by atoms with van der Waals surface area (Å²) in [5, 5.41) is 15.7. The number of ketones is 1. The molecule has 70 valence electrons. The molecule has 5 heteroatoms. The lowest BCUT2D eigenvalue weighted by Crippen LogP contribution is -2.12. The number of benzene rings is 1. The second kappa shape index (κ2) is 2.95. The van der Waals surface area contributed by atoms with Crippen molar-refractivity contribution in [3.05, 3.63) is 30.0 Å². The van der Waals surface area contributed by atoms with Crippen molar-refractivity contribution in [2.45, 2.75) is 0 Å². The van der Waals surface area contributed by atoms with E-state index >= 15 is 0 Å². The molecule has 0 amide bonds. The Kier molecular flexibility index (Phi) is 1.78. The van der Waals surface area contributed by atoms with Gasteiger partial charge < -0.3 is 5.11 Å². The van der Waals surface area contributed by atoms with Crippen LogP contribution >= 0.6 is 0 Å². The van der Waals surface area contributed by atoms with Gasteiger partial charge >= 0.3 is 5.97 Å². The number of aromatic nitrogens is 2. The highest BCUT2D eigenvalue weighted by molar-refractivity contribution is 6.40. The number of rotatable bonds is 2. The molecule has 0 bridgehead atoms. The second-order valence-electron chi connectivity index (χ2n) is 2.81. The third kappa shape index (κ3) is 1.24. The van der Waals surface area contributed by atoms with E-state index in [1.165, 1.54) is 18.3 Å². The Morgan fingerprint density at radius 3 is 2.86 bits per heavy atom. The minimum Gasteiger partial charge on any atom is -0.475 e. The minimum atomic E-state index is -1.45. The van der Waals surface area contributed by atoms with Crippen molar-refractivity contribution >= 4 is 22.7 Å². The molecule has 0 aliphatic rings. The minimum absolute atomic E-state index is 0.159. The topological polar surface area (TPSA) is 83.0 Å². The number of hydrogen-bond donors (Lipinski definition) is 2. The van der Waals surface area contributed by atoms with Crippen LogP contribution in [0.15, 0.2) is 24.4 Å². The van der Waals surface area contributed by atoms with Gasteiger partial charge in [0.25, 0.3) is 5.78 Å². The quantitative estimate of drug-likeness (QED) is 0.542. The number of carbonyl (C=O) groups excluding carboxylic acids is 1. The third-order valence-electron chi connectivity index (χ3n) is 1.90. The molecule has 2 rings (SSSR count). The molecule has 0 unspecified atom stereocenters.